The Hall–Kier alpha value is -2.46. The number of nitrogens with one attached hydrogen (secondary N) is 1. The Morgan fingerprint density at radius 1 is 1.17 bits per heavy atom. The molecule has 3 aliphatic rings. The van der Waals surface area contributed by atoms with E-state index < -0.39 is 15.9 Å². The van der Waals surface area contributed by atoms with Gasteiger partial charge in [-0.05, 0) is 67.2 Å². The van der Waals surface area contributed by atoms with Crippen molar-refractivity contribution in [3.05, 3.63) is 34.3 Å². The van der Waals surface area contributed by atoms with Gasteiger partial charge in [-0.3, -0.25) is 0 Å². The number of hydrogen-bond acceptors (Lipinski definition) is 4. The fourth-order valence-corrected chi connectivity index (χ4v) is 5.37. The number of hydrogen-bond donors (Lipinski definition) is 2. The summed E-state index contributed by atoms with van der Waals surface area (Å²) in [5.41, 5.74) is 3.62. The average Bonchev–Trinajstić information content (AvgIpc) is 3.21. The number of amides is 2. The molecule has 2 aliphatic carbocycles. The van der Waals surface area contributed by atoms with Crippen molar-refractivity contribution in [2.24, 2.45) is 9.50 Å². The molecule has 2 heterocycles. The van der Waals surface area contributed by atoms with E-state index in [4.69, 9.17) is 9.88 Å². The lowest BCUT2D eigenvalue weighted by molar-refractivity contribution is 0.260. The number of rotatable bonds is 2. The lowest BCUT2D eigenvalue weighted by Crippen LogP contribution is -2.22. The molecule has 1 aromatic carbocycles. The Balaban J connectivity index is 1.48. The van der Waals surface area contributed by atoms with E-state index in [-0.39, 0.29) is 10.7 Å². The topological polar surface area (TPSA) is 112 Å². The minimum atomic E-state index is -3.54. The standard InChI is InChI=1S/C19H22FN5O3S/c20-16-11-4-3-5-13(11)17(14-7-6-12(14)16)23-19(26)24-29(21,27)15-10-22-25-8-1-2-9-28-18(15)25/h10H,1-9H2,(H3,21,23,24,26,27). The van der Waals surface area contributed by atoms with Crippen LogP contribution in [0.4, 0.5) is 14.9 Å². The highest BCUT2D eigenvalue weighted by Gasteiger charge is 2.31. The summed E-state index contributed by atoms with van der Waals surface area (Å²) in [5, 5.41) is 12.8. The summed E-state index contributed by atoms with van der Waals surface area (Å²) in [6, 6.07) is -0.805. The summed E-state index contributed by atoms with van der Waals surface area (Å²) in [6.45, 7) is 1.10. The van der Waals surface area contributed by atoms with Gasteiger partial charge in [0.1, 0.15) is 10.7 Å². The Morgan fingerprint density at radius 2 is 1.90 bits per heavy atom. The van der Waals surface area contributed by atoms with E-state index in [9.17, 15) is 13.4 Å². The van der Waals surface area contributed by atoms with E-state index in [2.05, 4.69) is 14.8 Å². The largest absolute Gasteiger partial charge is 0.477 e. The van der Waals surface area contributed by atoms with E-state index in [1.807, 2.05) is 0 Å². The monoisotopic (exact) mass is 419 g/mol. The Bertz CT molecular complexity index is 1150. The number of halogens is 1. The molecule has 0 spiro atoms. The minimum absolute atomic E-state index is 0.117. The zero-order valence-electron chi connectivity index (χ0n) is 15.9. The second kappa shape index (κ2) is 6.81. The van der Waals surface area contributed by atoms with Crippen LogP contribution in [0, 0.1) is 5.82 Å². The van der Waals surface area contributed by atoms with Gasteiger partial charge in [0, 0.05) is 12.2 Å². The van der Waals surface area contributed by atoms with Crippen molar-refractivity contribution < 1.29 is 18.1 Å². The molecule has 2 amide bonds. The zero-order valence-corrected chi connectivity index (χ0v) is 16.7. The number of fused-ring (bicyclic) bond motifs is 3. The third-order valence-corrected chi connectivity index (χ3v) is 7.22. The highest BCUT2D eigenvalue weighted by atomic mass is 32.2. The number of nitrogens with zero attached hydrogens (tertiary/aromatic N) is 3. The SMILES string of the molecule is NS(=O)(=NC(=O)Nc1c2c(c(F)c3c1CC3)CCC2)c1cnn2c1OCCCC2. The van der Waals surface area contributed by atoms with Crippen LogP contribution in [0.2, 0.25) is 0 Å². The van der Waals surface area contributed by atoms with Crippen LogP contribution >= 0.6 is 0 Å². The molecule has 1 unspecified atom stereocenters. The first kappa shape index (κ1) is 18.6. The van der Waals surface area contributed by atoms with Gasteiger partial charge in [-0.25, -0.2) is 23.2 Å². The number of aromatic nitrogens is 2. The molecule has 2 aromatic rings. The Kier molecular flexibility index (Phi) is 4.36. The first-order valence-electron chi connectivity index (χ1n) is 9.85. The number of nitrogens with two attached hydrogens (primary N) is 1. The van der Waals surface area contributed by atoms with Gasteiger partial charge < -0.3 is 10.1 Å². The zero-order chi connectivity index (χ0) is 20.2. The number of benzene rings is 1. The highest BCUT2D eigenvalue weighted by molar-refractivity contribution is 7.91. The first-order valence-corrected chi connectivity index (χ1v) is 11.4. The van der Waals surface area contributed by atoms with Crippen LogP contribution in [0.15, 0.2) is 15.5 Å². The summed E-state index contributed by atoms with van der Waals surface area (Å²) >= 11 is 0. The van der Waals surface area contributed by atoms with Gasteiger partial charge in [-0.1, -0.05) is 0 Å². The minimum Gasteiger partial charge on any atom is -0.477 e. The summed E-state index contributed by atoms with van der Waals surface area (Å²) in [7, 11) is -3.54. The van der Waals surface area contributed by atoms with Crippen LogP contribution in [0.1, 0.15) is 41.5 Å². The Labute approximate surface area is 167 Å². The van der Waals surface area contributed by atoms with E-state index in [1.165, 1.54) is 6.20 Å². The lowest BCUT2D eigenvalue weighted by atomic mass is 9.83. The average molecular weight is 419 g/mol. The maximum Gasteiger partial charge on any atom is 0.354 e. The van der Waals surface area contributed by atoms with Gasteiger partial charge in [0.25, 0.3) is 0 Å². The number of ether oxygens (including phenoxy) is 1. The molecule has 3 N–H and O–H groups in total. The van der Waals surface area contributed by atoms with Gasteiger partial charge >= 0.3 is 6.03 Å². The van der Waals surface area contributed by atoms with Crippen LogP contribution < -0.4 is 15.2 Å². The van der Waals surface area contributed by atoms with Gasteiger partial charge in [0.15, 0.2) is 9.92 Å². The van der Waals surface area contributed by atoms with Crippen molar-refractivity contribution in [2.45, 2.75) is 56.4 Å². The molecule has 0 radical (unpaired) electrons. The normalized spacial score (nSPS) is 19.0. The molecule has 29 heavy (non-hydrogen) atoms. The van der Waals surface area contributed by atoms with Gasteiger partial charge in [0.05, 0.1) is 12.8 Å². The molecule has 1 aromatic heterocycles. The molecular formula is C19H22FN5O3S. The van der Waals surface area contributed by atoms with Crippen LogP contribution in [0.5, 0.6) is 5.88 Å². The highest BCUT2D eigenvalue weighted by Crippen LogP contribution is 2.42. The number of aryl methyl sites for hydroxylation is 1. The quantitative estimate of drug-likeness (QED) is 0.779. The molecule has 0 saturated heterocycles. The molecule has 154 valence electrons. The molecule has 0 bridgehead atoms. The molecule has 5 rings (SSSR count). The second-order valence-electron chi connectivity index (χ2n) is 7.64. The third kappa shape index (κ3) is 3.01. The lowest BCUT2D eigenvalue weighted by Gasteiger charge is -2.26. The van der Waals surface area contributed by atoms with Crippen LogP contribution in [0.25, 0.3) is 0 Å². The summed E-state index contributed by atoms with van der Waals surface area (Å²) < 4.78 is 38.6. The van der Waals surface area contributed by atoms with Crippen molar-refractivity contribution in [2.75, 3.05) is 11.9 Å². The third-order valence-electron chi connectivity index (χ3n) is 5.87. The van der Waals surface area contributed by atoms with E-state index in [0.29, 0.717) is 61.5 Å². The molecule has 8 nitrogen and oxygen atoms in total. The van der Waals surface area contributed by atoms with E-state index in [0.717, 1.165) is 30.4 Å². The maximum atomic E-state index is 14.6. The van der Waals surface area contributed by atoms with Gasteiger partial charge in [-0.2, -0.15) is 5.10 Å². The maximum absolute atomic E-state index is 14.6. The first-order chi connectivity index (χ1) is 14.0. The number of anilines is 1. The van der Waals surface area contributed by atoms with Crippen molar-refractivity contribution >= 4 is 21.6 Å². The number of carbonyl (C=O) groups excluding carboxylic acids is 1. The fourth-order valence-electron chi connectivity index (χ4n) is 4.37. The van der Waals surface area contributed by atoms with Crippen LogP contribution in [-0.4, -0.2) is 26.6 Å². The van der Waals surface area contributed by atoms with Crippen molar-refractivity contribution in [3.63, 3.8) is 0 Å². The fraction of sp³-hybridized carbons (Fsp3) is 0.474. The van der Waals surface area contributed by atoms with Gasteiger partial charge in [0.2, 0.25) is 5.88 Å². The number of urea groups is 1. The summed E-state index contributed by atoms with van der Waals surface area (Å²) in [4.78, 5) is 12.8. The van der Waals surface area contributed by atoms with Crippen LogP contribution in [0.3, 0.4) is 0 Å². The molecule has 1 atom stereocenters. The molecule has 1 aliphatic heterocycles. The van der Waals surface area contributed by atoms with E-state index >= 15 is 0 Å². The summed E-state index contributed by atoms with van der Waals surface area (Å²) in [6.07, 6.45) is 6.69. The number of carbonyl (C=O) groups is 1. The predicted molar refractivity (Wildman–Crippen MR) is 105 cm³/mol. The van der Waals surface area contributed by atoms with Crippen molar-refractivity contribution in [1.82, 2.24) is 9.78 Å². The molecule has 0 fully saturated rings. The molecular weight excluding hydrogens is 397 g/mol. The second-order valence-corrected chi connectivity index (χ2v) is 9.40. The summed E-state index contributed by atoms with van der Waals surface area (Å²) in [5.74, 6) is 0.175. The van der Waals surface area contributed by atoms with E-state index in [1.54, 1.807) is 4.68 Å². The smallest absolute Gasteiger partial charge is 0.354 e. The molecule has 0 saturated carbocycles. The Morgan fingerprint density at radius 3 is 2.69 bits per heavy atom. The molecule has 10 heteroatoms. The van der Waals surface area contributed by atoms with Crippen molar-refractivity contribution in [3.8, 4) is 5.88 Å². The van der Waals surface area contributed by atoms with Gasteiger partial charge in [-0.15, -0.1) is 4.36 Å². The predicted octanol–water partition coefficient (Wildman–Crippen LogP) is 2.71. The van der Waals surface area contributed by atoms with Crippen molar-refractivity contribution in [1.29, 1.82) is 0 Å². The van der Waals surface area contributed by atoms with Crippen LogP contribution in [-0.2, 0) is 42.1 Å².